The third-order valence-corrected chi connectivity index (χ3v) is 3.19. The molecule has 23 heavy (non-hydrogen) atoms. The molecule has 0 saturated heterocycles. The van der Waals surface area contributed by atoms with Crippen LogP contribution in [0.4, 0.5) is 0 Å². The molecule has 4 heteroatoms. The Balaban J connectivity index is 2.54. The van der Waals surface area contributed by atoms with Gasteiger partial charge in [0.15, 0.2) is 0 Å². The van der Waals surface area contributed by atoms with Crippen LogP contribution < -0.4 is 9.47 Å². The van der Waals surface area contributed by atoms with Gasteiger partial charge < -0.3 is 9.47 Å². The van der Waals surface area contributed by atoms with E-state index in [1.807, 2.05) is 25.1 Å². The molecule has 0 unspecified atom stereocenters. The van der Waals surface area contributed by atoms with Crippen LogP contribution >= 0.6 is 0 Å². The minimum absolute atomic E-state index is 0.308. The minimum Gasteiger partial charge on any atom is -0.423 e. The number of ether oxygens (including phenoxy) is 2. The Kier molecular flexibility index (Phi) is 4.65. The number of fused-ring (bicyclic) bond motifs is 1. The highest BCUT2D eigenvalue weighted by atomic mass is 16.5. The Morgan fingerprint density at radius 2 is 1.30 bits per heavy atom. The zero-order chi connectivity index (χ0) is 17.1. The predicted molar refractivity (Wildman–Crippen MR) is 89.6 cm³/mol. The predicted octanol–water partition coefficient (Wildman–Crippen LogP) is 4.11. The van der Waals surface area contributed by atoms with E-state index in [0.717, 1.165) is 5.56 Å². The van der Waals surface area contributed by atoms with Crippen LogP contribution in [0.25, 0.3) is 10.8 Å². The van der Waals surface area contributed by atoms with E-state index < -0.39 is 11.9 Å². The molecule has 0 N–H and O–H groups in total. The van der Waals surface area contributed by atoms with Crippen molar-refractivity contribution in [1.29, 1.82) is 0 Å². The molecular weight excluding hydrogens is 292 g/mol. The van der Waals surface area contributed by atoms with Gasteiger partial charge in [0.1, 0.15) is 11.5 Å². The third kappa shape index (κ3) is 3.66. The molecule has 0 heterocycles. The van der Waals surface area contributed by atoms with Gasteiger partial charge in [-0.25, -0.2) is 9.59 Å². The first kappa shape index (κ1) is 16.5. The van der Waals surface area contributed by atoms with E-state index in [1.165, 1.54) is 0 Å². The molecule has 0 atom stereocenters. The fourth-order valence-electron chi connectivity index (χ4n) is 1.96. The lowest BCUT2D eigenvalue weighted by molar-refractivity contribution is -0.131. The fraction of sp³-hybridized carbons (Fsp3) is 0.158. The Morgan fingerprint density at radius 3 is 1.78 bits per heavy atom. The van der Waals surface area contributed by atoms with Gasteiger partial charge in [0.25, 0.3) is 0 Å². The van der Waals surface area contributed by atoms with E-state index in [9.17, 15) is 9.59 Å². The van der Waals surface area contributed by atoms with Crippen LogP contribution in [-0.4, -0.2) is 11.9 Å². The molecule has 118 valence electrons. The maximum Gasteiger partial charge on any atom is 0.338 e. The molecule has 0 radical (unpaired) electrons. The van der Waals surface area contributed by atoms with E-state index in [0.29, 0.717) is 33.4 Å². The second kappa shape index (κ2) is 6.48. The molecule has 0 saturated carbocycles. The molecule has 0 fully saturated rings. The van der Waals surface area contributed by atoms with Crippen molar-refractivity contribution >= 4 is 22.7 Å². The van der Waals surface area contributed by atoms with Crippen molar-refractivity contribution in [3.8, 4) is 11.5 Å². The van der Waals surface area contributed by atoms with Gasteiger partial charge in [0.2, 0.25) is 0 Å². The SMILES string of the molecule is C=C(C)C(=O)Oc1ccc(OC(=O)C(=C)C)c2cc(C)ccc12. The Hall–Kier alpha value is -2.88. The third-order valence-electron chi connectivity index (χ3n) is 3.19. The first-order chi connectivity index (χ1) is 10.8. The van der Waals surface area contributed by atoms with E-state index in [2.05, 4.69) is 13.2 Å². The molecule has 2 rings (SSSR count). The van der Waals surface area contributed by atoms with Gasteiger partial charge in [-0.2, -0.15) is 0 Å². The summed E-state index contributed by atoms with van der Waals surface area (Å²) in [6, 6.07) is 8.78. The summed E-state index contributed by atoms with van der Waals surface area (Å²) in [5.74, 6) is -0.215. The molecule has 0 spiro atoms. The fourth-order valence-corrected chi connectivity index (χ4v) is 1.96. The summed E-state index contributed by atoms with van der Waals surface area (Å²) in [6.07, 6.45) is 0. The van der Waals surface area contributed by atoms with Gasteiger partial charge in [0, 0.05) is 21.9 Å². The van der Waals surface area contributed by atoms with Gasteiger partial charge in [0.05, 0.1) is 0 Å². The molecule has 0 aliphatic rings. The summed E-state index contributed by atoms with van der Waals surface area (Å²) >= 11 is 0. The van der Waals surface area contributed by atoms with Crippen LogP contribution in [-0.2, 0) is 9.59 Å². The van der Waals surface area contributed by atoms with Gasteiger partial charge in [-0.05, 0) is 39.0 Å². The van der Waals surface area contributed by atoms with Crippen LogP contribution in [0.5, 0.6) is 11.5 Å². The van der Waals surface area contributed by atoms with Crippen molar-refractivity contribution in [2.24, 2.45) is 0 Å². The monoisotopic (exact) mass is 310 g/mol. The quantitative estimate of drug-likeness (QED) is 0.484. The van der Waals surface area contributed by atoms with Crippen molar-refractivity contribution in [3.63, 3.8) is 0 Å². The number of aryl methyl sites for hydroxylation is 1. The zero-order valence-electron chi connectivity index (χ0n) is 13.4. The summed E-state index contributed by atoms with van der Waals surface area (Å²) in [4.78, 5) is 23.5. The zero-order valence-corrected chi connectivity index (χ0v) is 13.4. The highest BCUT2D eigenvalue weighted by Gasteiger charge is 2.14. The lowest BCUT2D eigenvalue weighted by Gasteiger charge is -2.12. The van der Waals surface area contributed by atoms with E-state index in [-0.39, 0.29) is 0 Å². The molecule has 2 aromatic rings. The highest BCUT2D eigenvalue weighted by Crippen LogP contribution is 2.34. The van der Waals surface area contributed by atoms with E-state index in [4.69, 9.17) is 9.47 Å². The average Bonchev–Trinajstić information content (AvgIpc) is 2.49. The Morgan fingerprint density at radius 1 is 0.826 bits per heavy atom. The van der Waals surface area contributed by atoms with E-state index >= 15 is 0 Å². The van der Waals surface area contributed by atoms with Crippen LogP contribution in [0.15, 0.2) is 54.6 Å². The molecule has 2 aromatic carbocycles. The van der Waals surface area contributed by atoms with Crippen LogP contribution in [0, 0.1) is 6.92 Å². The molecule has 4 nitrogen and oxygen atoms in total. The number of carbonyl (C=O) groups is 2. The Labute approximate surface area is 135 Å². The number of esters is 2. The molecule has 0 aliphatic heterocycles. The number of rotatable bonds is 4. The van der Waals surface area contributed by atoms with Crippen LogP contribution in [0.3, 0.4) is 0 Å². The summed E-state index contributed by atoms with van der Waals surface area (Å²) in [5.41, 5.74) is 1.61. The average molecular weight is 310 g/mol. The van der Waals surface area contributed by atoms with Crippen molar-refractivity contribution in [3.05, 3.63) is 60.2 Å². The van der Waals surface area contributed by atoms with Gasteiger partial charge in [-0.15, -0.1) is 0 Å². The number of hydrogen-bond acceptors (Lipinski definition) is 4. The van der Waals surface area contributed by atoms with Crippen LogP contribution in [0.1, 0.15) is 19.4 Å². The van der Waals surface area contributed by atoms with Gasteiger partial charge in [-0.1, -0.05) is 30.9 Å². The van der Waals surface area contributed by atoms with Gasteiger partial charge in [-0.3, -0.25) is 0 Å². The van der Waals surface area contributed by atoms with Crippen molar-refractivity contribution < 1.29 is 19.1 Å². The van der Waals surface area contributed by atoms with Crippen molar-refractivity contribution in [2.75, 3.05) is 0 Å². The number of hydrogen-bond donors (Lipinski definition) is 0. The summed E-state index contributed by atoms with van der Waals surface area (Å²) < 4.78 is 10.7. The second-order valence-electron chi connectivity index (χ2n) is 5.45. The standard InChI is InChI=1S/C19H18O4/c1-11(2)18(20)22-16-8-9-17(23-19(21)12(3)4)15-10-13(5)6-7-14(15)16/h6-10H,1,3H2,2,4-5H3. The smallest absolute Gasteiger partial charge is 0.338 e. The normalized spacial score (nSPS) is 10.2. The van der Waals surface area contributed by atoms with Crippen molar-refractivity contribution in [1.82, 2.24) is 0 Å². The second-order valence-corrected chi connectivity index (χ2v) is 5.45. The number of carbonyl (C=O) groups excluding carboxylic acids is 2. The highest BCUT2D eigenvalue weighted by molar-refractivity contribution is 5.99. The molecular formula is C19H18O4. The lowest BCUT2D eigenvalue weighted by Crippen LogP contribution is -2.10. The lowest BCUT2D eigenvalue weighted by atomic mass is 10.1. The molecule has 0 amide bonds. The maximum atomic E-state index is 11.8. The first-order valence-corrected chi connectivity index (χ1v) is 7.08. The molecule has 0 aliphatic carbocycles. The maximum absolute atomic E-state index is 11.8. The molecule has 0 aromatic heterocycles. The van der Waals surface area contributed by atoms with Crippen molar-refractivity contribution in [2.45, 2.75) is 20.8 Å². The summed E-state index contributed by atoms with van der Waals surface area (Å²) in [7, 11) is 0. The molecule has 0 bridgehead atoms. The van der Waals surface area contributed by atoms with E-state index in [1.54, 1.807) is 26.0 Å². The number of benzene rings is 2. The first-order valence-electron chi connectivity index (χ1n) is 7.08. The van der Waals surface area contributed by atoms with Gasteiger partial charge >= 0.3 is 11.9 Å². The Bertz CT molecular complexity index is 831. The minimum atomic E-state index is -0.501. The largest absolute Gasteiger partial charge is 0.423 e. The van der Waals surface area contributed by atoms with Crippen LogP contribution in [0.2, 0.25) is 0 Å². The topological polar surface area (TPSA) is 52.6 Å². The summed E-state index contributed by atoms with van der Waals surface area (Å²) in [6.45, 7) is 12.2. The summed E-state index contributed by atoms with van der Waals surface area (Å²) in [5, 5.41) is 1.36.